The Kier molecular flexibility index (Phi) is 2.46. The summed E-state index contributed by atoms with van der Waals surface area (Å²) in [6.07, 6.45) is 0. The molecule has 1 atom stereocenters. The second-order valence-corrected chi connectivity index (χ2v) is 5.53. The van der Waals surface area contributed by atoms with E-state index in [1.165, 1.54) is 0 Å². The minimum Gasteiger partial charge on any atom is -0.337 e. The number of piperazine rings is 3. The quantitative estimate of drug-likeness (QED) is 0.776. The fraction of sp³-hybridized carbons (Fsp3) is 0.818. The average Bonchev–Trinajstić information content (AvgIpc) is 2.79. The lowest BCUT2D eigenvalue weighted by molar-refractivity contribution is 0.00781. The Morgan fingerprint density at radius 3 is 2.47 bits per heavy atom. The predicted octanol–water partition coefficient (Wildman–Crippen LogP) is -0.0643. The lowest BCUT2D eigenvalue weighted by atomic mass is 10.1. The zero-order valence-electron chi connectivity index (χ0n) is 10.4. The molecule has 3 aliphatic rings. The normalized spacial score (nSPS) is 33.0. The van der Waals surface area contributed by atoms with E-state index >= 15 is 0 Å². The molecular formula is C11H19N5O. The first kappa shape index (κ1) is 11.1. The monoisotopic (exact) mass is 237 g/mol. The topological polar surface area (TPSA) is 71.4 Å². The van der Waals surface area contributed by atoms with Gasteiger partial charge in [0.1, 0.15) is 0 Å². The summed E-state index contributed by atoms with van der Waals surface area (Å²) in [6.45, 7) is 9.26. The van der Waals surface area contributed by atoms with E-state index in [0.717, 1.165) is 38.5 Å². The first-order valence-corrected chi connectivity index (χ1v) is 6.13. The van der Waals surface area contributed by atoms with Crippen LogP contribution in [-0.4, -0.2) is 52.7 Å². The third kappa shape index (κ3) is 1.96. The van der Waals surface area contributed by atoms with Crippen molar-refractivity contribution in [1.82, 2.24) is 19.9 Å². The van der Waals surface area contributed by atoms with Crippen molar-refractivity contribution in [2.45, 2.75) is 25.4 Å². The van der Waals surface area contributed by atoms with E-state index in [1.807, 2.05) is 13.8 Å². The Hall–Kier alpha value is -0.980. The minimum atomic E-state index is -0.561. The van der Waals surface area contributed by atoms with E-state index < -0.39 is 5.54 Å². The molecule has 4 rings (SSSR count). The molecule has 94 valence electrons. The molecule has 3 saturated heterocycles. The molecule has 17 heavy (non-hydrogen) atoms. The number of aromatic nitrogens is 2. The van der Waals surface area contributed by atoms with Crippen LogP contribution >= 0.6 is 0 Å². The summed E-state index contributed by atoms with van der Waals surface area (Å²) >= 11 is 0. The second-order valence-electron chi connectivity index (χ2n) is 5.53. The van der Waals surface area contributed by atoms with Gasteiger partial charge in [-0.15, -0.1) is 0 Å². The van der Waals surface area contributed by atoms with Gasteiger partial charge in [-0.3, -0.25) is 9.80 Å². The van der Waals surface area contributed by atoms with Gasteiger partial charge in [-0.25, -0.2) is 0 Å². The van der Waals surface area contributed by atoms with Crippen molar-refractivity contribution in [3.8, 4) is 0 Å². The van der Waals surface area contributed by atoms with Gasteiger partial charge in [-0.2, -0.15) is 4.98 Å². The highest BCUT2D eigenvalue weighted by atomic mass is 16.5. The molecule has 4 heterocycles. The van der Waals surface area contributed by atoms with E-state index in [0.29, 0.717) is 5.89 Å². The Balaban J connectivity index is 1.83. The van der Waals surface area contributed by atoms with Crippen molar-refractivity contribution in [1.29, 1.82) is 0 Å². The lowest BCUT2D eigenvalue weighted by Crippen LogP contribution is -2.57. The molecule has 1 aromatic rings. The molecule has 2 N–H and O–H groups in total. The highest BCUT2D eigenvalue weighted by Gasteiger charge is 2.36. The first-order chi connectivity index (χ1) is 8.04. The number of nitrogens with zero attached hydrogens (tertiary/aromatic N) is 4. The third-order valence-electron chi connectivity index (χ3n) is 3.57. The van der Waals surface area contributed by atoms with Gasteiger partial charge in [0, 0.05) is 32.7 Å². The second kappa shape index (κ2) is 3.76. The van der Waals surface area contributed by atoms with Crippen LogP contribution in [0.4, 0.5) is 0 Å². The summed E-state index contributed by atoms with van der Waals surface area (Å²) in [5, 5.41) is 4.09. The van der Waals surface area contributed by atoms with E-state index in [-0.39, 0.29) is 6.04 Å². The Morgan fingerprint density at radius 1 is 1.29 bits per heavy atom. The lowest BCUT2D eigenvalue weighted by Gasteiger charge is -2.46. The SMILES string of the molecule is CC(C)(N)c1nc(C2CN3CCN2CC3)no1. The van der Waals surface area contributed by atoms with Gasteiger partial charge < -0.3 is 10.3 Å². The summed E-state index contributed by atoms with van der Waals surface area (Å²) < 4.78 is 5.26. The fourth-order valence-electron chi connectivity index (χ4n) is 2.49. The highest BCUT2D eigenvalue weighted by Crippen LogP contribution is 2.27. The molecule has 1 aromatic heterocycles. The number of fused-ring (bicyclic) bond motifs is 3. The maximum Gasteiger partial charge on any atom is 0.246 e. The fourth-order valence-corrected chi connectivity index (χ4v) is 2.49. The minimum absolute atomic E-state index is 0.275. The van der Waals surface area contributed by atoms with Crippen LogP contribution in [0.3, 0.4) is 0 Å². The maximum absolute atomic E-state index is 5.96. The van der Waals surface area contributed by atoms with Crippen LogP contribution < -0.4 is 5.73 Å². The van der Waals surface area contributed by atoms with Crippen LogP contribution in [0.5, 0.6) is 0 Å². The highest BCUT2D eigenvalue weighted by molar-refractivity contribution is 5.04. The molecule has 1 unspecified atom stereocenters. The molecule has 2 bridgehead atoms. The van der Waals surface area contributed by atoms with Crippen molar-refractivity contribution in [2.24, 2.45) is 5.73 Å². The largest absolute Gasteiger partial charge is 0.337 e. The van der Waals surface area contributed by atoms with E-state index in [1.54, 1.807) is 0 Å². The van der Waals surface area contributed by atoms with Gasteiger partial charge in [-0.05, 0) is 13.8 Å². The van der Waals surface area contributed by atoms with Gasteiger partial charge in [0.15, 0.2) is 5.82 Å². The van der Waals surface area contributed by atoms with Crippen LogP contribution in [-0.2, 0) is 5.54 Å². The summed E-state index contributed by atoms with van der Waals surface area (Å²) in [7, 11) is 0. The number of hydrogen-bond donors (Lipinski definition) is 1. The summed E-state index contributed by atoms with van der Waals surface area (Å²) in [5.74, 6) is 1.30. The predicted molar refractivity (Wildman–Crippen MR) is 62.3 cm³/mol. The van der Waals surface area contributed by atoms with E-state index in [2.05, 4.69) is 19.9 Å². The molecule has 0 spiro atoms. The van der Waals surface area contributed by atoms with Gasteiger partial charge in [0.25, 0.3) is 0 Å². The molecule has 3 aliphatic heterocycles. The van der Waals surface area contributed by atoms with E-state index in [9.17, 15) is 0 Å². The van der Waals surface area contributed by atoms with Crippen LogP contribution in [0, 0.1) is 0 Å². The van der Waals surface area contributed by atoms with Crippen LogP contribution in [0.15, 0.2) is 4.52 Å². The summed E-state index contributed by atoms with van der Waals surface area (Å²) in [6, 6.07) is 0.275. The third-order valence-corrected chi connectivity index (χ3v) is 3.57. The van der Waals surface area contributed by atoms with Gasteiger partial charge in [-0.1, -0.05) is 5.16 Å². The smallest absolute Gasteiger partial charge is 0.246 e. The molecule has 0 amide bonds. The molecule has 0 aromatic carbocycles. The molecule has 6 heteroatoms. The Labute approximate surface area is 101 Å². The Morgan fingerprint density at radius 2 is 2.00 bits per heavy atom. The van der Waals surface area contributed by atoms with Gasteiger partial charge >= 0.3 is 0 Å². The van der Waals surface area contributed by atoms with Crippen molar-refractivity contribution in [3.05, 3.63) is 11.7 Å². The zero-order valence-corrected chi connectivity index (χ0v) is 10.4. The molecular weight excluding hydrogens is 218 g/mol. The van der Waals surface area contributed by atoms with Gasteiger partial charge in [0.05, 0.1) is 11.6 Å². The zero-order chi connectivity index (χ0) is 12.0. The molecule has 0 saturated carbocycles. The number of rotatable bonds is 2. The summed E-state index contributed by atoms with van der Waals surface area (Å²) in [5.41, 5.74) is 5.39. The van der Waals surface area contributed by atoms with Crippen LogP contribution in [0.1, 0.15) is 31.6 Å². The Bertz CT molecular complexity index is 402. The van der Waals surface area contributed by atoms with Crippen molar-refractivity contribution in [2.75, 3.05) is 32.7 Å². The van der Waals surface area contributed by atoms with Crippen molar-refractivity contribution < 1.29 is 4.52 Å². The standard InChI is InChI=1S/C11H19N5O/c1-11(2,12)10-13-9(14-17-10)8-7-15-3-5-16(8)6-4-15/h8H,3-7,12H2,1-2H3. The van der Waals surface area contributed by atoms with Crippen LogP contribution in [0.2, 0.25) is 0 Å². The van der Waals surface area contributed by atoms with Crippen LogP contribution in [0.25, 0.3) is 0 Å². The molecule has 6 nitrogen and oxygen atoms in total. The number of nitrogens with two attached hydrogens (primary N) is 1. The van der Waals surface area contributed by atoms with Gasteiger partial charge in [0.2, 0.25) is 5.89 Å². The molecule has 0 aliphatic carbocycles. The van der Waals surface area contributed by atoms with E-state index in [4.69, 9.17) is 10.3 Å². The summed E-state index contributed by atoms with van der Waals surface area (Å²) in [4.78, 5) is 9.33. The maximum atomic E-state index is 5.96. The molecule has 0 radical (unpaired) electrons. The number of hydrogen-bond acceptors (Lipinski definition) is 6. The van der Waals surface area contributed by atoms with Crippen molar-refractivity contribution >= 4 is 0 Å². The first-order valence-electron chi connectivity index (χ1n) is 6.13. The van der Waals surface area contributed by atoms with Crippen molar-refractivity contribution in [3.63, 3.8) is 0 Å². The average molecular weight is 237 g/mol. The molecule has 3 fully saturated rings.